The van der Waals surface area contributed by atoms with Gasteiger partial charge in [-0.3, -0.25) is 0 Å². The van der Waals surface area contributed by atoms with E-state index in [4.69, 9.17) is 0 Å². The zero-order valence-corrected chi connectivity index (χ0v) is 10.3. The Labute approximate surface area is 89.9 Å². The van der Waals surface area contributed by atoms with Crippen molar-refractivity contribution in [3.05, 3.63) is 0 Å². The van der Waals surface area contributed by atoms with Crippen molar-refractivity contribution in [3.63, 3.8) is 0 Å². The Bertz CT molecular complexity index is 144. The first-order valence-electron chi connectivity index (χ1n) is 6.48. The van der Waals surface area contributed by atoms with Crippen molar-refractivity contribution in [1.29, 1.82) is 0 Å². The predicted octanol–water partition coefficient (Wildman–Crippen LogP) is 3.69. The molecule has 84 valence electrons. The summed E-state index contributed by atoms with van der Waals surface area (Å²) in [5, 5.41) is 0. The molecule has 14 heavy (non-hydrogen) atoms. The first-order valence-corrected chi connectivity index (χ1v) is 6.48. The highest BCUT2D eigenvalue weighted by Gasteiger charge is 2.21. The summed E-state index contributed by atoms with van der Waals surface area (Å²) >= 11 is 0. The quantitative estimate of drug-likeness (QED) is 0.608. The van der Waals surface area contributed by atoms with Crippen LogP contribution >= 0.6 is 0 Å². The fraction of sp³-hybridized carbons (Fsp3) is 1.00. The molecule has 0 spiro atoms. The molecular formula is C13H27N. The molecule has 1 nitrogen and oxygen atoms in total. The molecule has 1 saturated heterocycles. The van der Waals surface area contributed by atoms with Gasteiger partial charge in [-0.2, -0.15) is 0 Å². The zero-order chi connectivity index (χ0) is 10.4. The molecule has 2 unspecified atom stereocenters. The molecule has 0 bridgehead atoms. The summed E-state index contributed by atoms with van der Waals surface area (Å²) in [6.45, 7) is 9.76. The third kappa shape index (κ3) is 4.00. The van der Waals surface area contributed by atoms with Crippen LogP contribution in [0.4, 0.5) is 0 Å². The molecule has 0 N–H and O–H groups in total. The van der Waals surface area contributed by atoms with Gasteiger partial charge in [-0.15, -0.1) is 0 Å². The predicted molar refractivity (Wildman–Crippen MR) is 63.6 cm³/mol. The van der Waals surface area contributed by atoms with Crippen molar-refractivity contribution in [1.82, 2.24) is 4.90 Å². The van der Waals surface area contributed by atoms with Crippen LogP contribution in [0.1, 0.15) is 59.3 Å². The topological polar surface area (TPSA) is 3.24 Å². The number of hydrogen-bond donors (Lipinski definition) is 0. The number of likely N-dealkylation sites (tertiary alicyclic amines) is 1. The first-order chi connectivity index (χ1) is 6.74. The normalized spacial score (nSPS) is 29.4. The van der Waals surface area contributed by atoms with Crippen LogP contribution in [0, 0.1) is 5.92 Å². The van der Waals surface area contributed by atoms with E-state index in [1.54, 1.807) is 0 Å². The number of piperidine rings is 1. The van der Waals surface area contributed by atoms with E-state index in [0.717, 1.165) is 12.0 Å². The molecule has 0 aromatic carbocycles. The zero-order valence-electron chi connectivity index (χ0n) is 10.3. The van der Waals surface area contributed by atoms with Gasteiger partial charge in [0.15, 0.2) is 0 Å². The molecule has 0 saturated carbocycles. The van der Waals surface area contributed by atoms with E-state index in [1.807, 2.05) is 0 Å². The van der Waals surface area contributed by atoms with E-state index in [0.29, 0.717) is 0 Å². The molecule has 2 atom stereocenters. The van der Waals surface area contributed by atoms with Gasteiger partial charge in [0.1, 0.15) is 0 Å². The molecular weight excluding hydrogens is 170 g/mol. The van der Waals surface area contributed by atoms with Gasteiger partial charge in [0, 0.05) is 6.04 Å². The van der Waals surface area contributed by atoms with Crippen molar-refractivity contribution in [3.8, 4) is 0 Å². The van der Waals surface area contributed by atoms with Gasteiger partial charge in [0.05, 0.1) is 0 Å². The van der Waals surface area contributed by atoms with Gasteiger partial charge >= 0.3 is 0 Å². The van der Waals surface area contributed by atoms with E-state index in [-0.39, 0.29) is 0 Å². The fourth-order valence-electron chi connectivity index (χ4n) is 2.53. The second-order valence-corrected chi connectivity index (χ2v) is 5.08. The van der Waals surface area contributed by atoms with Gasteiger partial charge in [-0.05, 0) is 45.2 Å². The minimum atomic E-state index is 0.834. The van der Waals surface area contributed by atoms with Gasteiger partial charge in [-0.1, -0.05) is 33.1 Å². The highest BCUT2D eigenvalue weighted by molar-refractivity contribution is 4.76. The Morgan fingerprint density at radius 3 is 2.57 bits per heavy atom. The lowest BCUT2D eigenvalue weighted by Crippen LogP contribution is -2.40. The third-order valence-electron chi connectivity index (χ3n) is 3.57. The average molecular weight is 197 g/mol. The summed E-state index contributed by atoms with van der Waals surface area (Å²) in [5.74, 6) is 0.955. The van der Waals surface area contributed by atoms with E-state index in [9.17, 15) is 0 Å². The van der Waals surface area contributed by atoms with Crippen LogP contribution in [-0.2, 0) is 0 Å². The lowest BCUT2D eigenvalue weighted by atomic mass is 9.93. The second-order valence-electron chi connectivity index (χ2n) is 5.08. The van der Waals surface area contributed by atoms with E-state index >= 15 is 0 Å². The molecule has 1 aliphatic heterocycles. The maximum absolute atomic E-state index is 2.69. The lowest BCUT2D eigenvalue weighted by molar-refractivity contribution is 0.127. The Morgan fingerprint density at radius 1 is 1.14 bits per heavy atom. The number of nitrogens with zero attached hydrogens (tertiary/aromatic N) is 1. The van der Waals surface area contributed by atoms with Gasteiger partial charge < -0.3 is 4.90 Å². The van der Waals surface area contributed by atoms with E-state index < -0.39 is 0 Å². The van der Waals surface area contributed by atoms with Gasteiger partial charge in [-0.25, -0.2) is 0 Å². The average Bonchev–Trinajstić information content (AvgIpc) is 2.15. The number of rotatable bonds is 5. The van der Waals surface area contributed by atoms with Gasteiger partial charge in [0.2, 0.25) is 0 Å². The standard InChI is InChI=1S/C13H27N/c1-4-5-6-7-9-14-10-8-12(2)11-13(14)3/h12-13H,4-11H2,1-3H3. The summed E-state index contributed by atoms with van der Waals surface area (Å²) in [6.07, 6.45) is 8.43. The van der Waals surface area contributed by atoms with Crippen molar-refractivity contribution in [2.75, 3.05) is 13.1 Å². The molecule has 0 aromatic heterocycles. The first kappa shape index (κ1) is 12.0. The molecule has 1 fully saturated rings. The van der Waals surface area contributed by atoms with Crippen LogP contribution in [0.25, 0.3) is 0 Å². The van der Waals surface area contributed by atoms with E-state index in [2.05, 4.69) is 25.7 Å². The van der Waals surface area contributed by atoms with Crippen LogP contribution in [0.5, 0.6) is 0 Å². The lowest BCUT2D eigenvalue weighted by Gasteiger charge is -2.36. The van der Waals surface area contributed by atoms with Crippen molar-refractivity contribution < 1.29 is 0 Å². The van der Waals surface area contributed by atoms with Crippen LogP contribution in [0.3, 0.4) is 0 Å². The van der Waals surface area contributed by atoms with Crippen molar-refractivity contribution >= 4 is 0 Å². The highest BCUT2D eigenvalue weighted by Crippen LogP contribution is 2.22. The summed E-state index contributed by atoms with van der Waals surface area (Å²) in [5.41, 5.74) is 0. The Balaban J connectivity index is 2.11. The molecule has 1 aliphatic rings. The minimum Gasteiger partial charge on any atom is -0.301 e. The fourth-order valence-corrected chi connectivity index (χ4v) is 2.53. The molecule has 1 heteroatoms. The van der Waals surface area contributed by atoms with Crippen LogP contribution in [-0.4, -0.2) is 24.0 Å². The SMILES string of the molecule is CCCCCCN1CCC(C)CC1C. The molecule has 0 amide bonds. The second kappa shape index (κ2) is 6.44. The summed E-state index contributed by atoms with van der Waals surface area (Å²) in [4.78, 5) is 2.69. The largest absolute Gasteiger partial charge is 0.301 e. The summed E-state index contributed by atoms with van der Waals surface area (Å²) in [7, 11) is 0. The maximum atomic E-state index is 2.69. The Morgan fingerprint density at radius 2 is 1.93 bits per heavy atom. The molecule has 0 aromatic rings. The molecule has 0 radical (unpaired) electrons. The Hall–Kier alpha value is -0.0400. The van der Waals surface area contributed by atoms with Crippen LogP contribution in [0.15, 0.2) is 0 Å². The summed E-state index contributed by atoms with van der Waals surface area (Å²) in [6, 6.07) is 0.834. The molecule has 0 aliphatic carbocycles. The minimum absolute atomic E-state index is 0.834. The number of hydrogen-bond acceptors (Lipinski definition) is 1. The van der Waals surface area contributed by atoms with Crippen molar-refractivity contribution in [2.24, 2.45) is 5.92 Å². The van der Waals surface area contributed by atoms with Gasteiger partial charge in [0.25, 0.3) is 0 Å². The highest BCUT2D eigenvalue weighted by atomic mass is 15.2. The monoisotopic (exact) mass is 197 g/mol. The van der Waals surface area contributed by atoms with E-state index in [1.165, 1.54) is 51.6 Å². The van der Waals surface area contributed by atoms with Crippen LogP contribution in [0.2, 0.25) is 0 Å². The van der Waals surface area contributed by atoms with Crippen LogP contribution < -0.4 is 0 Å². The Kier molecular flexibility index (Phi) is 5.54. The third-order valence-corrected chi connectivity index (χ3v) is 3.57. The number of unbranched alkanes of at least 4 members (excludes halogenated alkanes) is 3. The molecule has 1 rings (SSSR count). The molecule has 1 heterocycles. The maximum Gasteiger partial charge on any atom is 0.00694 e. The smallest absolute Gasteiger partial charge is 0.00694 e. The summed E-state index contributed by atoms with van der Waals surface area (Å²) < 4.78 is 0. The van der Waals surface area contributed by atoms with Crippen molar-refractivity contribution in [2.45, 2.75) is 65.3 Å².